The number of Topliss-reactive ketones (excluding diaryl/α,β-unsaturated/α-hetero) is 1. The predicted octanol–water partition coefficient (Wildman–Crippen LogP) is 3.47. The number of benzene rings is 1. The quantitative estimate of drug-likeness (QED) is 0.856. The van der Waals surface area contributed by atoms with Gasteiger partial charge in [-0.15, -0.1) is 11.3 Å². The molecule has 0 spiro atoms. The van der Waals surface area contributed by atoms with Gasteiger partial charge in [-0.2, -0.15) is 10.5 Å². The number of carbonyl (C=O) groups excluding carboxylic acids is 1. The second-order valence-electron chi connectivity index (χ2n) is 8.57. The van der Waals surface area contributed by atoms with Gasteiger partial charge in [-0.05, 0) is 23.1 Å². The molecule has 1 fully saturated rings. The van der Waals surface area contributed by atoms with Crippen molar-refractivity contribution in [3.05, 3.63) is 64.0 Å². The third kappa shape index (κ3) is 2.48. The number of quaternary nitrogens is 1. The van der Waals surface area contributed by atoms with Crippen molar-refractivity contribution in [2.75, 3.05) is 0 Å². The topological polar surface area (TPSA) is 69.1 Å². The third-order valence-corrected chi connectivity index (χ3v) is 6.93. The van der Waals surface area contributed by atoms with Crippen molar-refractivity contribution in [1.82, 2.24) is 0 Å². The maximum Gasteiger partial charge on any atom is 0.213 e. The summed E-state index contributed by atoms with van der Waals surface area (Å²) in [5.74, 6) is -0.382. The Bertz CT molecular complexity index is 1020. The third-order valence-electron chi connectivity index (χ3n) is 5.98. The fourth-order valence-electron chi connectivity index (χ4n) is 4.73. The molecule has 3 heterocycles. The van der Waals surface area contributed by atoms with Gasteiger partial charge >= 0.3 is 0 Å². The lowest BCUT2D eigenvalue weighted by Gasteiger charge is -2.31. The molecule has 0 saturated carbocycles. The van der Waals surface area contributed by atoms with Crippen molar-refractivity contribution >= 4 is 23.2 Å². The molecule has 2 aromatic rings. The largest absolute Gasteiger partial charge is 0.292 e. The Morgan fingerprint density at radius 2 is 1.86 bits per heavy atom. The summed E-state index contributed by atoms with van der Waals surface area (Å²) in [6.45, 7) is 5.74. The van der Waals surface area contributed by atoms with Crippen LogP contribution >= 0.6 is 11.3 Å². The van der Waals surface area contributed by atoms with Gasteiger partial charge in [-0.25, -0.2) is 0 Å². The summed E-state index contributed by atoms with van der Waals surface area (Å²) in [4.78, 5) is 15.4. The van der Waals surface area contributed by atoms with Crippen molar-refractivity contribution in [1.29, 1.82) is 10.5 Å². The van der Waals surface area contributed by atoms with Crippen LogP contribution in [-0.2, 0) is 4.79 Å². The van der Waals surface area contributed by atoms with E-state index in [0.29, 0.717) is 0 Å². The zero-order valence-corrected chi connectivity index (χ0v) is 17.0. The molecular formula is C23H22N3OS+. The molecule has 0 bridgehead atoms. The standard InChI is InChI=1S/C23H21N3OS/c1-22(2,3)21(27)19-18(17-9-6-12-28-17)23(13-24,14-25)20-16-8-5-4-7-15(16)10-11-26(19)20/h4-12,18-20H,1-3H3/p+1/t18-,19+,20-/m0/s1. The van der Waals surface area contributed by atoms with Crippen molar-refractivity contribution < 1.29 is 9.69 Å². The van der Waals surface area contributed by atoms with Gasteiger partial charge in [-0.3, -0.25) is 9.69 Å². The van der Waals surface area contributed by atoms with Crippen LogP contribution in [0, 0.1) is 33.5 Å². The van der Waals surface area contributed by atoms with E-state index in [0.717, 1.165) is 20.9 Å². The number of nitrogens with one attached hydrogen (secondary N) is 1. The van der Waals surface area contributed by atoms with E-state index in [1.807, 2.05) is 74.8 Å². The van der Waals surface area contributed by atoms with E-state index in [1.165, 1.54) is 11.3 Å². The molecule has 0 aliphatic carbocycles. The van der Waals surface area contributed by atoms with Crippen molar-refractivity contribution in [2.45, 2.75) is 38.8 Å². The molecule has 1 aromatic heterocycles. The molecule has 0 radical (unpaired) electrons. The molecule has 4 rings (SSSR count). The first-order valence-electron chi connectivity index (χ1n) is 9.39. The highest BCUT2D eigenvalue weighted by Gasteiger charge is 2.68. The van der Waals surface area contributed by atoms with E-state index in [1.54, 1.807) is 0 Å². The minimum Gasteiger partial charge on any atom is -0.292 e. The first-order valence-corrected chi connectivity index (χ1v) is 10.3. The number of fused-ring (bicyclic) bond motifs is 3. The van der Waals surface area contributed by atoms with Crippen LogP contribution in [0.5, 0.6) is 0 Å². The average Bonchev–Trinajstić information content (AvgIpc) is 3.30. The highest BCUT2D eigenvalue weighted by Crippen LogP contribution is 2.53. The van der Waals surface area contributed by atoms with Crippen LogP contribution in [0.4, 0.5) is 0 Å². The number of hydrogen-bond acceptors (Lipinski definition) is 4. The summed E-state index contributed by atoms with van der Waals surface area (Å²) in [7, 11) is 0. The fraction of sp³-hybridized carbons (Fsp3) is 0.348. The summed E-state index contributed by atoms with van der Waals surface area (Å²) in [5.41, 5.74) is 0.102. The van der Waals surface area contributed by atoms with Gasteiger partial charge < -0.3 is 0 Å². The summed E-state index contributed by atoms with van der Waals surface area (Å²) in [6, 6.07) is 15.6. The highest BCUT2D eigenvalue weighted by atomic mass is 32.1. The lowest BCUT2D eigenvalue weighted by molar-refractivity contribution is -0.885. The average molecular weight is 389 g/mol. The van der Waals surface area contributed by atoms with E-state index in [9.17, 15) is 15.3 Å². The molecule has 4 atom stereocenters. The number of thiophene rings is 1. The molecule has 1 saturated heterocycles. The van der Waals surface area contributed by atoms with Crippen LogP contribution in [-0.4, -0.2) is 11.8 Å². The van der Waals surface area contributed by atoms with Gasteiger partial charge in [0.15, 0.2) is 17.9 Å². The van der Waals surface area contributed by atoms with E-state index >= 15 is 0 Å². The second-order valence-corrected chi connectivity index (χ2v) is 9.55. The molecule has 140 valence electrons. The highest BCUT2D eigenvalue weighted by molar-refractivity contribution is 7.10. The summed E-state index contributed by atoms with van der Waals surface area (Å²) in [5, 5.41) is 22.6. The molecule has 1 unspecified atom stereocenters. The number of nitrogens with zero attached hydrogens (tertiary/aromatic N) is 2. The molecular weight excluding hydrogens is 366 g/mol. The SMILES string of the molecule is CC(C)(C)C(=O)[C@H]1[C@H](c2cccs2)C(C#N)(C#N)[C@@H]2c3ccccc3C=C[NH+]21. The molecule has 28 heavy (non-hydrogen) atoms. The van der Waals surface area contributed by atoms with E-state index in [4.69, 9.17) is 0 Å². The minimum atomic E-state index is -1.31. The Morgan fingerprint density at radius 1 is 1.14 bits per heavy atom. The van der Waals surface area contributed by atoms with Gasteiger partial charge in [0.2, 0.25) is 5.41 Å². The molecule has 1 aromatic carbocycles. The Kier molecular flexibility index (Phi) is 4.27. The van der Waals surface area contributed by atoms with Gasteiger partial charge in [0.25, 0.3) is 0 Å². The number of carbonyl (C=O) groups is 1. The zero-order valence-electron chi connectivity index (χ0n) is 16.1. The van der Waals surface area contributed by atoms with Gasteiger partial charge in [0, 0.05) is 15.9 Å². The smallest absolute Gasteiger partial charge is 0.213 e. The molecule has 1 N–H and O–H groups in total. The number of hydrogen-bond donors (Lipinski definition) is 1. The number of rotatable bonds is 2. The summed E-state index contributed by atoms with van der Waals surface area (Å²) < 4.78 is 0. The zero-order chi connectivity index (χ0) is 20.1. The number of nitriles is 2. The predicted molar refractivity (Wildman–Crippen MR) is 108 cm³/mol. The van der Waals surface area contributed by atoms with Gasteiger partial charge in [-0.1, -0.05) is 51.1 Å². The lowest BCUT2D eigenvalue weighted by atomic mass is 9.68. The molecule has 2 aliphatic heterocycles. The first-order chi connectivity index (χ1) is 13.3. The van der Waals surface area contributed by atoms with Crippen molar-refractivity contribution in [3.8, 4) is 12.1 Å². The van der Waals surface area contributed by atoms with Crippen LogP contribution < -0.4 is 4.90 Å². The maximum atomic E-state index is 13.6. The van der Waals surface area contributed by atoms with E-state index < -0.39 is 28.8 Å². The van der Waals surface area contributed by atoms with Crippen LogP contribution in [0.3, 0.4) is 0 Å². The Balaban J connectivity index is 2.01. The molecule has 0 amide bonds. The Labute approximate surface area is 169 Å². The monoisotopic (exact) mass is 388 g/mol. The van der Waals surface area contributed by atoms with Crippen LogP contribution in [0.15, 0.2) is 48.0 Å². The van der Waals surface area contributed by atoms with Crippen LogP contribution in [0.1, 0.15) is 48.7 Å². The molecule has 2 aliphatic rings. The Hall–Kier alpha value is -2.73. The fourth-order valence-corrected chi connectivity index (χ4v) is 5.67. The van der Waals surface area contributed by atoms with Crippen molar-refractivity contribution in [2.24, 2.45) is 10.8 Å². The molecule has 5 heteroatoms. The maximum absolute atomic E-state index is 13.6. The van der Waals surface area contributed by atoms with E-state index in [2.05, 4.69) is 12.1 Å². The van der Waals surface area contributed by atoms with Gasteiger partial charge in [0.05, 0.1) is 24.3 Å². The van der Waals surface area contributed by atoms with Crippen LogP contribution in [0.25, 0.3) is 6.08 Å². The first kappa shape index (κ1) is 18.6. The molecule has 4 nitrogen and oxygen atoms in total. The number of ketones is 1. The van der Waals surface area contributed by atoms with E-state index in [-0.39, 0.29) is 5.78 Å². The summed E-state index contributed by atoms with van der Waals surface area (Å²) in [6.07, 6.45) is 4.00. The summed E-state index contributed by atoms with van der Waals surface area (Å²) >= 11 is 1.52. The van der Waals surface area contributed by atoms with Gasteiger partial charge in [0.1, 0.15) is 0 Å². The van der Waals surface area contributed by atoms with Crippen molar-refractivity contribution in [3.63, 3.8) is 0 Å². The normalized spacial score (nSPS) is 27.3. The second kappa shape index (κ2) is 6.41. The minimum absolute atomic E-state index is 0.0855. The lowest BCUT2D eigenvalue weighted by Crippen LogP contribution is -3.12. The Morgan fingerprint density at radius 3 is 2.46 bits per heavy atom. The van der Waals surface area contributed by atoms with Crippen LogP contribution in [0.2, 0.25) is 0 Å².